The third-order valence-corrected chi connectivity index (χ3v) is 4.24. The molecule has 2 heterocycles. The van der Waals surface area contributed by atoms with Crippen LogP contribution in [0, 0.1) is 0 Å². The van der Waals surface area contributed by atoms with Gasteiger partial charge in [0.25, 0.3) is 5.91 Å². The van der Waals surface area contributed by atoms with Crippen molar-refractivity contribution in [2.45, 2.75) is 18.9 Å². The molecule has 112 valence electrons. The van der Waals surface area contributed by atoms with Crippen molar-refractivity contribution in [3.8, 4) is 0 Å². The SMILES string of the molecule is CN(C)C1CCN(C(=O)c2ccc3[nH]c(=O)[nH]c3c2)CC1. The Kier molecular flexibility index (Phi) is 3.55. The van der Waals surface area contributed by atoms with Crippen molar-refractivity contribution in [3.05, 3.63) is 34.2 Å². The number of piperidine rings is 1. The number of aromatic amines is 2. The van der Waals surface area contributed by atoms with E-state index in [1.54, 1.807) is 18.2 Å². The first-order chi connectivity index (χ1) is 10.0. The number of carbonyl (C=O) groups excluding carboxylic acids is 1. The van der Waals surface area contributed by atoms with Crippen LogP contribution in [0.1, 0.15) is 23.2 Å². The van der Waals surface area contributed by atoms with Crippen molar-refractivity contribution >= 4 is 16.9 Å². The van der Waals surface area contributed by atoms with E-state index in [4.69, 9.17) is 0 Å². The summed E-state index contributed by atoms with van der Waals surface area (Å²) in [5, 5.41) is 0. The zero-order valence-corrected chi connectivity index (χ0v) is 12.3. The zero-order chi connectivity index (χ0) is 15.0. The van der Waals surface area contributed by atoms with Crippen LogP contribution in [0.2, 0.25) is 0 Å². The Balaban J connectivity index is 1.76. The van der Waals surface area contributed by atoms with Gasteiger partial charge in [-0.25, -0.2) is 4.79 Å². The summed E-state index contributed by atoms with van der Waals surface area (Å²) in [7, 11) is 4.16. The molecule has 1 saturated heterocycles. The normalized spacial score (nSPS) is 16.8. The lowest BCUT2D eigenvalue weighted by atomic mass is 10.0. The van der Waals surface area contributed by atoms with Gasteiger partial charge < -0.3 is 19.8 Å². The van der Waals surface area contributed by atoms with Gasteiger partial charge in [-0.15, -0.1) is 0 Å². The van der Waals surface area contributed by atoms with E-state index < -0.39 is 0 Å². The van der Waals surface area contributed by atoms with E-state index in [1.165, 1.54) is 0 Å². The summed E-state index contributed by atoms with van der Waals surface area (Å²) in [5.41, 5.74) is 1.78. The zero-order valence-electron chi connectivity index (χ0n) is 12.3. The van der Waals surface area contributed by atoms with Crippen LogP contribution < -0.4 is 5.69 Å². The van der Waals surface area contributed by atoms with Gasteiger partial charge >= 0.3 is 5.69 Å². The minimum absolute atomic E-state index is 0.0381. The van der Waals surface area contributed by atoms with Gasteiger partial charge in [-0.3, -0.25) is 4.79 Å². The van der Waals surface area contributed by atoms with Crippen LogP contribution >= 0.6 is 0 Å². The largest absolute Gasteiger partial charge is 0.339 e. The molecule has 1 aliphatic heterocycles. The molecule has 2 aromatic rings. The van der Waals surface area contributed by atoms with Crippen LogP contribution in [-0.2, 0) is 0 Å². The molecule has 0 atom stereocenters. The molecule has 0 spiro atoms. The van der Waals surface area contributed by atoms with Gasteiger partial charge in [-0.05, 0) is 45.1 Å². The Labute approximate surface area is 122 Å². The molecule has 1 aromatic heterocycles. The highest BCUT2D eigenvalue weighted by molar-refractivity contribution is 5.97. The first-order valence-corrected chi connectivity index (χ1v) is 7.22. The monoisotopic (exact) mass is 288 g/mol. The molecule has 0 aliphatic carbocycles. The number of carbonyl (C=O) groups is 1. The number of aromatic nitrogens is 2. The van der Waals surface area contributed by atoms with E-state index in [0.29, 0.717) is 17.1 Å². The van der Waals surface area contributed by atoms with Gasteiger partial charge in [-0.2, -0.15) is 0 Å². The molecule has 1 amide bonds. The van der Waals surface area contributed by atoms with Crippen molar-refractivity contribution in [3.63, 3.8) is 0 Å². The minimum Gasteiger partial charge on any atom is -0.339 e. The highest BCUT2D eigenvalue weighted by atomic mass is 16.2. The van der Waals surface area contributed by atoms with Crippen LogP contribution in [0.25, 0.3) is 11.0 Å². The van der Waals surface area contributed by atoms with Crippen LogP contribution in [-0.4, -0.2) is 58.9 Å². The number of amides is 1. The van der Waals surface area contributed by atoms with Gasteiger partial charge in [0, 0.05) is 24.7 Å². The number of H-pyrrole nitrogens is 2. The lowest BCUT2D eigenvalue weighted by Gasteiger charge is -2.35. The van der Waals surface area contributed by atoms with E-state index in [1.807, 2.05) is 4.90 Å². The molecule has 0 saturated carbocycles. The molecule has 21 heavy (non-hydrogen) atoms. The average Bonchev–Trinajstić information content (AvgIpc) is 2.85. The number of fused-ring (bicyclic) bond motifs is 1. The summed E-state index contributed by atoms with van der Waals surface area (Å²) in [4.78, 5) is 33.3. The first-order valence-electron chi connectivity index (χ1n) is 7.22. The number of likely N-dealkylation sites (tertiary alicyclic amines) is 1. The van der Waals surface area contributed by atoms with Gasteiger partial charge in [0.2, 0.25) is 0 Å². The molecular weight excluding hydrogens is 268 g/mol. The van der Waals surface area contributed by atoms with E-state index in [0.717, 1.165) is 31.4 Å². The number of rotatable bonds is 2. The molecule has 1 aliphatic rings. The Morgan fingerprint density at radius 1 is 1.19 bits per heavy atom. The molecule has 0 bridgehead atoms. The number of hydrogen-bond acceptors (Lipinski definition) is 3. The summed E-state index contributed by atoms with van der Waals surface area (Å²) in [6, 6.07) is 5.84. The lowest BCUT2D eigenvalue weighted by molar-refractivity contribution is 0.0663. The Bertz CT molecular complexity index is 708. The predicted octanol–water partition coefficient (Wildman–Crippen LogP) is 1.02. The van der Waals surface area contributed by atoms with Crippen LogP contribution in [0.5, 0.6) is 0 Å². The smallest absolute Gasteiger partial charge is 0.323 e. The van der Waals surface area contributed by atoms with Crippen LogP contribution in [0.3, 0.4) is 0 Å². The molecule has 6 nitrogen and oxygen atoms in total. The van der Waals surface area contributed by atoms with Gasteiger partial charge in [0.05, 0.1) is 11.0 Å². The summed E-state index contributed by atoms with van der Waals surface area (Å²) < 4.78 is 0. The predicted molar refractivity (Wildman–Crippen MR) is 81.5 cm³/mol. The maximum Gasteiger partial charge on any atom is 0.323 e. The molecule has 1 aromatic carbocycles. The fourth-order valence-corrected chi connectivity index (χ4v) is 2.93. The molecule has 0 radical (unpaired) electrons. The third-order valence-electron chi connectivity index (χ3n) is 4.24. The van der Waals surface area contributed by atoms with Gasteiger partial charge in [-0.1, -0.05) is 0 Å². The topological polar surface area (TPSA) is 72.2 Å². The Morgan fingerprint density at radius 3 is 2.52 bits per heavy atom. The first kappa shape index (κ1) is 13.9. The quantitative estimate of drug-likeness (QED) is 0.866. The molecule has 0 unspecified atom stereocenters. The second kappa shape index (κ2) is 5.37. The van der Waals surface area contributed by atoms with E-state index in [-0.39, 0.29) is 11.6 Å². The lowest BCUT2D eigenvalue weighted by Crippen LogP contribution is -2.44. The highest BCUT2D eigenvalue weighted by Gasteiger charge is 2.24. The number of hydrogen-bond donors (Lipinski definition) is 2. The fraction of sp³-hybridized carbons (Fsp3) is 0.467. The standard InChI is InChI=1S/C15H20N4O2/c1-18(2)11-5-7-19(8-6-11)14(20)10-3-4-12-13(9-10)17-15(21)16-12/h3-4,9,11H,5-8H2,1-2H3,(H2,16,17,21). The summed E-state index contributed by atoms with van der Waals surface area (Å²) in [6.07, 6.45) is 2.00. The minimum atomic E-state index is -0.249. The highest BCUT2D eigenvalue weighted by Crippen LogP contribution is 2.18. The second-order valence-electron chi connectivity index (χ2n) is 5.83. The number of benzene rings is 1. The molecule has 6 heteroatoms. The number of nitrogens with one attached hydrogen (secondary N) is 2. The maximum atomic E-state index is 12.5. The third kappa shape index (κ3) is 2.71. The van der Waals surface area contributed by atoms with Crippen LogP contribution in [0.15, 0.2) is 23.0 Å². The Hall–Kier alpha value is -2.08. The molecule has 3 rings (SSSR count). The van der Waals surface area contributed by atoms with Crippen molar-refractivity contribution in [2.24, 2.45) is 0 Å². The maximum absolute atomic E-state index is 12.5. The van der Waals surface area contributed by atoms with Crippen molar-refractivity contribution in [2.75, 3.05) is 27.2 Å². The van der Waals surface area contributed by atoms with E-state index in [2.05, 4.69) is 29.0 Å². The van der Waals surface area contributed by atoms with Gasteiger partial charge in [0.1, 0.15) is 0 Å². The van der Waals surface area contributed by atoms with E-state index in [9.17, 15) is 9.59 Å². The number of nitrogens with zero attached hydrogens (tertiary/aromatic N) is 2. The molecule has 1 fully saturated rings. The van der Waals surface area contributed by atoms with Crippen molar-refractivity contribution in [1.82, 2.24) is 19.8 Å². The van der Waals surface area contributed by atoms with Crippen LogP contribution in [0.4, 0.5) is 0 Å². The Morgan fingerprint density at radius 2 is 1.86 bits per heavy atom. The summed E-state index contributed by atoms with van der Waals surface area (Å²) in [5.74, 6) is 0.0381. The fourth-order valence-electron chi connectivity index (χ4n) is 2.93. The average molecular weight is 288 g/mol. The van der Waals surface area contributed by atoms with E-state index >= 15 is 0 Å². The summed E-state index contributed by atoms with van der Waals surface area (Å²) in [6.45, 7) is 1.56. The summed E-state index contributed by atoms with van der Waals surface area (Å²) >= 11 is 0. The number of imidazole rings is 1. The van der Waals surface area contributed by atoms with Gasteiger partial charge in [0.15, 0.2) is 0 Å². The molecular formula is C15H20N4O2. The van der Waals surface area contributed by atoms with Crippen molar-refractivity contribution in [1.29, 1.82) is 0 Å². The second-order valence-corrected chi connectivity index (χ2v) is 5.83. The molecule has 2 N–H and O–H groups in total. The van der Waals surface area contributed by atoms with Crippen molar-refractivity contribution < 1.29 is 4.79 Å².